The maximum Gasteiger partial charge on any atom is 0.247 e. The van der Waals surface area contributed by atoms with Crippen molar-refractivity contribution in [2.45, 2.75) is 32.0 Å². The van der Waals surface area contributed by atoms with Gasteiger partial charge in [-0.05, 0) is 24.6 Å². The number of carbonyl (C=O) groups excluding carboxylic acids is 2. The fourth-order valence-corrected chi connectivity index (χ4v) is 4.60. The van der Waals surface area contributed by atoms with E-state index in [1.807, 2.05) is 71.0 Å². The van der Waals surface area contributed by atoms with Gasteiger partial charge in [0.25, 0.3) is 0 Å². The van der Waals surface area contributed by atoms with E-state index in [2.05, 4.69) is 0 Å². The minimum Gasteiger partial charge on any atom is -0.378 e. The Bertz CT molecular complexity index is 1100. The van der Waals surface area contributed by atoms with Crippen LogP contribution in [0.5, 0.6) is 0 Å². The van der Waals surface area contributed by atoms with E-state index in [9.17, 15) is 9.59 Å². The van der Waals surface area contributed by atoms with Gasteiger partial charge in [0.05, 0.1) is 36.7 Å². The third-order valence-corrected chi connectivity index (χ3v) is 6.27. The highest BCUT2D eigenvalue weighted by atomic mass is 16.5. The van der Waals surface area contributed by atoms with Crippen LogP contribution in [0.1, 0.15) is 36.8 Å². The van der Waals surface area contributed by atoms with Crippen LogP contribution < -0.4 is 0 Å². The van der Waals surface area contributed by atoms with E-state index in [1.54, 1.807) is 4.90 Å². The number of carbonyl (C=O) groups is 2. The van der Waals surface area contributed by atoms with Crippen LogP contribution in [-0.2, 0) is 20.9 Å². The van der Waals surface area contributed by atoms with Crippen LogP contribution in [0.15, 0.2) is 54.6 Å². The number of fused-ring (bicyclic) bond motifs is 3. The van der Waals surface area contributed by atoms with Gasteiger partial charge in [-0.1, -0.05) is 42.5 Å². The second-order valence-electron chi connectivity index (χ2n) is 8.17. The summed E-state index contributed by atoms with van der Waals surface area (Å²) in [5, 5.41) is 0. The number of ether oxygens (including phenoxy) is 1. The molecule has 1 aromatic heterocycles. The number of nitrogens with zero attached hydrogens (tertiary/aromatic N) is 4. The molecule has 0 radical (unpaired) electrons. The summed E-state index contributed by atoms with van der Waals surface area (Å²) in [6.07, 6.45) is 0.129. The number of aromatic nitrogens is 2. The summed E-state index contributed by atoms with van der Waals surface area (Å²) in [6, 6.07) is 17.0. The molecule has 2 aliphatic rings. The molecule has 0 bridgehead atoms. The first-order valence-electron chi connectivity index (χ1n) is 10.8. The molecule has 2 atom stereocenters. The van der Waals surface area contributed by atoms with Gasteiger partial charge in [-0.2, -0.15) is 0 Å². The monoisotopic (exact) mass is 418 g/mol. The summed E-state index contributed by atoms with van der Waals surface area (Å²) in [5.41, 5.74) is 2.81. The molecule has 3 aromatic rings. The van der Waals surface area contributed by atoms with E-state index in [-0.39, 0.29) is 24.3 Å². The molecule has 2 aliphatic heterocycles. The predicted molar refractivity (Wildman–Crippen MR) is 116 cm³/mol. The molecule has 0 saturated carbocycles. The number of imidazole rings is 1. The standard InChI is InChI=1S/C24H26N4O3/c1-17-23-25-19-9-5-6-10-20(19)28(23)21(15-22(29)26-11-13-31-14-12-26)24(30)27(17)16-18-7-3-2-4-8-18/h2-10,17,21H,11-16H2,1H3/t17-,21-/m0/s1. The number of para-hydroxylation sites is 2. The molecule has 0 spiro atoms. The molecule has 2 amide bonds. The highest BCUT2D eigenvalue weighted by Gasteiger charge is 2.41. The minimum absolute atomic E-state index is 0.0143. The molecule has 1 fully saturated rings. The number of morpholine rings is 1. The van der Waals surface area contributed by atoms with Crippen molar-refractivity contribution in [1.29, 1.82) is 0 Å². The van der Waals surface area contributed by atoms with Crippen LogP contribution in [0.4, 0.5) is 0 Å². The Morgan fingerprint density at radius 3 is 2.55 bits per heavy atom. The molecule has 7 heteroatoms. The van der Waals surface area contributed by atoms with Crippen LogP contribution in [-0.4, -0.2) is 57.5 Å². The van der Waals surface area contributed by atoms with Crippen molar-refractivity contribution in [3.05, 3.63) is 66.0 Å². The van der Waals surface area contributed by atoms with Gasteiger partial charge in [0.2, 0.25) is 11.8 Å². The van der Waals surface area contributed by atoms with Crippen LogP contribution in [0, 0.1) is 0 Å². The summed E-state index contributed by atoms with van der Waals surface area (Å²) in [6.45, 7) is 4.73. The van der Waals surface area contributed by atoms with Crippen molar-refractivity contribution >= 4 is 22.8 Å². The van der Waals surface area contributed by atoms with Gasteiger partial charge in [-0.3, -0.25) is 9.59 Å². The van der Waals surface area contributed by atoms with E-state index in [4.69, 9.17) is 9.72 Å². The third-order valence-electron chi connectivity index (χ3n) is 6.27. The molecule has 0 N–H and O–H groups in total. The molecule has 31 heavy (non-hydrogen) atoms. The van der Waals surface area contributed by atoms with Gasteiger partial charge in [0, 0.05) is 19.6 Å². The fourth-order valence-electron chi connectivity index (χ4n) is 4.60. The molecule has 3 heterocycles. The van der Waals surface area contributed by atoms with Gasteiger partial charge >= 0.3 is 0 Å². The van der Waals surface area contributed by atoms with E-state index in [1.165, 1.54) is 0 Å². The molecular formula is C24H26N4O3. The Hall–Kier alpha value is -3.19. The quantitative estimate of drug-likeness (QED) is 0.653. The molecule has 0 unspecified atom stereocenters. The maximum absolute atomic E-state index is 13.7. The Morgan fingerprint density at radius 1 is 1.06 bits per heavy atom. The van der Waals surface area contributed by atoms with Crippen molar-refractivity contribution in [2.75, 3.05) is 26.3 Å². The second kappa shape index (κ2) is 8.15. The van der Waals surface area contributed by atoms with Crippen molar-refractivity contribution in [2.24, 2.45) is 0 Å². The molecule has 5 rings (SSSR count). The highest BCUT2D eigenvalue weighted by Crippen LogP contribution is 2.37. The SMILES string of the molecule is C[C@H]1c2nc3ccccc3n2[C@@H](CC(=O)N2CCOCC2)C(=O)N1Cc1ccccc1. The largest absolute Gasteiger partial charge is 0.378 e. The normalized spacial score (nSPS) is 21.4. The van der Waals surface area contributed by atoms with Gasteiger partial charge in [0.1, 0.15) is 11.9 Å². The zero-order chi connectivity index (χ0) is 21.4. The van der Waals surface area contributed by atoms with Crippen LogP contribution >= 0.6 is 0 Å². The first-order valence-corrected chi connectivity index (χ1v) is 10.8. The molecule has 2 aromatic carbocycles. The second-order valence-corrected chi connectivity index (χ2v) is 8.17. The maximum atomic E-state index is 13.7. The van der Waals surface area contributed by atoms with Gasteiger partial charge < -0.3 is 19.1 Å². The lowest BCUT2D eigenvalue weighted by Crippen LogP contribution is -2.47. The minimum atomic E-state index is -0.599. The van der Waals surface area contributed by atoms with Crippen LogP contribution in [0.2, 0.25) is 0 Å². The van der Waals surface area contributed by atoms with Crippen LogP contribution in [0.25, 0.3) is 11.0 Å². The van der Waals surface area contributed by atoms with Gasteiger partial charge in [0.15, 0.2) is 0 Å². The van der Waals surface area contributed by atoms with Crippen molar-refractivity contribution in [3.8, 4) is 0 Å². The molecule has 0 aliphatic carbocycles. The van der Waals surface area contributed by atoms with Crippen molar-refractivity contribution in [1.82, 2.24) is 19.4 Å². The molecule has 7 nitrogen and oxygen atoms in total. The van der Waals surface area contributed by atoms with Crippen molar-refractivity contribution < 1.29 is 14.3 Å². The molecule has 160 valence electrons. The Morgan fingerprint density at radius 2 is 1.77 bits per heavy atom. The lowest BCUT2D eigenvalue weighted by Gasteiger charge is -2.39. The summed E-state index contributed by atoms with van der Waals surface area (Å²) >= 11 is 0. The van der Waals surface area contributed by atoms with E-state index >= 15 is 0 Å². The average molecular weight is 418 g/mol. The first-order chi connectivity index (χ1) is 15.1. The average Bonchev–Trinajstić information content (AvgIpc) is 3.20. The van der Waals surface area contributed by atoms with E-state index < -0.39 is 6.04 Å². The van der Waals surface area contributed by atoms with Gasteiger partial charge in [-0.25, -0.2) is 4.98 Å². The van der Waals surface area contributed by atoms with Crippen molar-refractivity contribution in [3.63, 3.8) is 0 Å². The Balaban J connectivity index is 1.53. The Labute approximate surface area is 181 Å². The number of benzene rings is 2. The number of rotatable bonds is 4. The lowest BCUT2D eigenvalue weighted by atomic mass is 10.0. The topological polar surface area (TPSA) is 67.7 Å². The summed E-state index contributed by atoms with van der Waals surface area (Å²) in [5.74, 6) is 0.782. The summed E-state index contributed by atoms with van der Waals surface area (Å²) < 4.78 is 7.36. The lowest BCUT2D eigenvalue weighted by molar-refractivity contribution is -0.146. The smallest absolute Gasteiger partial charge is 0.247 e. The summed E-state index contributed by atoms with van der Waals surface area (Å²) in [4.78, 5) is 35.3. The number of amides is 2. The highest BCUT2D eigenvalue weighted by molar-refractivity contribution is 5.91. The summed E-state index contributed by atoms with van der Waals surface area (Å²) in [7, 11) is 0. The fraction of sp³-hybridized carbons (Fsp3) is 0.375. The first kappa shape index (κ1) is 19.8. The molecular weight excluding hydrogens is 392 g/mol. The number of hydrogen-bond donors (Lipinski definition) is 0. The van der Waals surface area contributed by atoms with E-state index in [0.717, 1.165) is 22.4 Å². The number of hydrogen-bond acceptors (Lipinski definition) is 4. The predicted octanol–water partition coefficient (Wildman–Crippen LogP) is 2.93. The third kappa shape index (κ3) is 3.59. The molecule has 1 saturated heterocycles. The Kier molecular flexibility index (Phi) is 5.19. The van der Waals surface area contributed by atoms with Gasteiger partial charge in [-0.15, -0.1) is 0 Å². The van der Waals surface area contributed by atoms with E-state index in [0.29, 0.717) is 32.8 Å². The van der Waals surface area contributed by atoms with Crippen LogP contribution in [0.3, 0.4) is 0 Å². The zero-order valence-corrected chi connectivity index (χ0v) is 17.6. The zero-order valence-electron chi connectivity index (χ0n) is 17.6.